The fraction of sp³-hybridized carbons (Fsp3) is 0.542. The van der Waals surface area contributed by atoms with Gasteiger partial charge in [0.2, 0.25) is 0 Å². The number of allylic oxidation sites excluding steroid dienone is 1. The van der Waals surface area contributed by atoms with Crippen LogP contribution in [0.3, 0.4) is 0 Å². The van der Waals surface area contributed by atoms with E-state index in [1.54, 1.807) is 25.5 Å². The first-order valence-corrected chi connectivity index (χ1v) is 11.5. The van der Waals surface area contributed by atoms with Gasteiger partial charge in [-0.25, -0.2) is 9.67 Å². The third-order valence-electron chi connectivity index (χ3n) is 5.71. The number of hydrogen-bond donors (Lipinski definition) is 2. The SMILES string of the molecule is COCCOC1CCC(NC(=O)c2cc(/C(C=NC(C)C)=C/N)nc(-n3ccn3C)c2)CC1. The number of carbonyl (C=O) groups is 1. The summed E-state index contributed by atoms with van der Waals surface area (Å²) in [4.78, 5) is 22.3. The van der Waals surface area contributed by atoms with Crippen LogP contribution in [0.15, 0.2) is 35.7 Å². The summed E-state index contributed by atoms with van der Waals surface area (Å²) in [6.45, 7) is 5.19. The fourth-order valence-electron chi connectivity index (χ4n) is 3.78. The fourth-order valence-corrected chi connectivity index (χ4v) is 3.78. The smallest absolute Gasteiger partial charge is 0.251 e. The lowest BCUT2D eigenvalue weighted by Crippen LogP contribution is -2.39. The van der Waals surface area contributed by atoms with Gasteiger partial charge in [0.1, 0.15) is 0 Å². The predicted octanol–water partition coefficient (Wildman–Crippen LogP) is 2.69. The largest absolute Gasteiger partial charge is 0.404 e. The molecular weight excluding hydrogens is 420 g/mol. The van der Waals surface area contributed by atoms with Crippen molar-refractivity contribution in [2.45, 2.75) is 57.7 Å². The first-order valence-electron chi connectivity index (χ1n) is 11.5. The molecule has 1 aliphatic rings. The first kappa shape index (κ1) is 24.7. The Kier molecular flexibility index (Phi) is 8.85. The molecule has 0 atom stereocenters. The van der Waals surface area contributed by atoms with Crippen LogP contribution in [0.2, 0.25) is 0 Å². The molecule has 9 nitrogen and oxygen atoms in total. The van der Waals surface area contributed by atoms with Crippen LogP contribution in [0.5, 0.6) is 0 Å². The molecule has 0 bridgehead atoms. The lowest BCUT2D eigenvalue weighted by molar-refractivity contribution is -0.00408. The van der Waals surface area contributed by atoms with Crippen LogP contribution in [-0.4, -0.2) is 65.0 Å². The van der Waals surface area contributed by atoms with Crippen LogP contribution in [0.25, 0.3) is 11.4 Å². The minimum Gasteiger partial charge on any atom is -0.404 e. The maximum absolute atomic E-state index is 13.2. The molecule has 0 radical (unpaired) electrons. The van der Waals surface area contributed by atoms with Gasteiger partial charge in [0.05, 0.1) is 25.0 Å². The molecule has 180 valence electrons. The van der Waals surface area contributed by atoms with Gasteiger partial charge in [-0.3, -0.25) is 14.5 Å². The van der Waals surface area contributed by atoms with E-state index in [1.807, 2.05) is 42.7 Å². The summed E-state index contributed by atoms with van der Waals surface area (Å²) >= 11 is 0. The van der Waals surface area contributed by atoms with Crippen molar-refractivity contribution in [3.05, 3.63) is 42.0 Å². The van der Waals surface area contributed by atoms with Gasteiger partial charge in [0.15, 0.2) is 5.82 Å². The van der Waals surface area contributed by atoms with E-state index < -0.39 is 0 Å². The molecule has 2 aromatic rings. The van der Waals surface area contributed by atoms with Crippen LogP contribution in [0.4, 0.5) is 0 Å². The maximum Gasteiger partial charge on any atom is 0.251 e. The Labute approximate surface area is 195 Å². The van der Waals surface area contributed by atoms with Crippen molar-refractivity contribution in [3.63, 3.8) is 0 Å². The highest BCUT2D eigenvalue weighted by atomic mass is 16.5. The second-order valence-corrected chi connectivity index (χ2v) is 8.62. The highest BCUT2D eigenvalue weighted by Gasteiger charge is 2.24. The summed E-state index contributed by atoms with van der Waals surface area (Å²) in [5.74, 6) is 0.531. The van der Waals surface area contributed by atoms with Gasteiger partial charge in [-0.05, 0) is 51.7 Å². The lowest BCUT2D eigenvalue weighted by Gasteiger charge is -2.29. The standard InChI is InChI=1S/C24H36N6O3/c1-17(2)26-16-19(15-25)22-13-18(14-23(28-22)30-10-9-29(30)3)24(31)27-20-5-7-21(8-6-20)33-12-11-32-4/h9-10,13-17,20-21H,5-8,11-12,25H2,1-4H3,(H,27,31)/b19-15+,26-16?. The van der Waals surface area contributed by atoms with Gasteiger partial charge in [-0.2, -0.15) is 0 Å². The molecule has 3 rings (SSSR count). The van der Waals surface area contributed by atoms with E-state index >= 15 is 0 Å². The van der Waals surface area contributed by atoms with Gasteiger partial charge in [0, 0.05) is 62.2 Å². The zero-order valence-electron chi connectivity index (χ0n) is 20.0. The number of ether oxygens (including phenoxy) is 2. The van der Waals surface area contributed by atoms with Crippen LogP contribution in [-0.2, 0) is 16.5 Å². The maximum atomic E-state index is 13.2. The number of aryl methyl sites for hydroxylation is 1. The zero-order valence-corrected chi connectivity index (χ0v) is 20.0. The Hall–Kier alpha value is -2.91. The Morgan fingerprint density at radius 1 is 1.27 bits per heavy atom. The number of amides is 1. The van der Waals surface area contributed by atoms with Crippen LogP contribution in [0, 0.1) is 0 Å². The minimum absolute atomic E-state index is 0.118. The number of nitrogens with zero attached hydrogens (tertiary/aromatic N) is 4. The average Bonchev–Trinajstić information content (AvgIpc) is 2.79. The average molecular weight is 457 g/mol. The number of nitrogens with one attached hydrogen (secondary N) is 1. The molecule has 0 aliphatic heterocycles. The van der Waals surface area contributed by atoms with E-state index in [9.17, 15) is 4.79 Å². The molecule has 0 saturated heterocycles. The normalized spacial score (nSPS) is 19.5. The van der Waals surface area contributed by atoms with E-state index in [-0.39, 0.29) is 24.1 Å². The van der Waals surface area contributed by atoms with Crippen molar-refractivity contribution in [1.29, 1.82) is 0 Å². The van der Waals surface area contributed by atoms with E-state index in [1.165, 1.54) is 6.20 Å². The van der Waals surface area contributed by atoms with Gasteiger partial charge < -0.3 is 20.5 Å². The van der Waals surface area contributed by atoms with Crippen molar-refractivity contribution >= 4 is 17.7 Å². The van der Waals surface area contributed by atoms with E-state index in [4.69, 9.17) is 20.2 Å². The number of rotatable bonds is 10. The minimum atomic E-state index is -0.118. The molecule has 3 N–H and O–H groups in total. The molecule has 0 aromatic carbocycles. The molecule has 1 fully saturated rings. The van der Waals surface area contributed by atoms with Gasteiger partial charge in [0.25, 0.3) is 5.91 Å². The Balaban J connectivity index is 1.74. The number of hydrogen-bond acceptors (Lipinski definition) is 6. The van der Waals surface area contributed by atoms with Crippen molar-refractivity contribution in [2.75, 3.05) is 20.3 Å². The summed E-state index contributed by atoms with van der Waals surface area (Å²) in [6, 6.07) is 3.82. The van der Waals surface area contributed by atoms with Crippen molar-refractivity contribution < 1.29 is 14.3 Å². The molecule has 0 unspecified atom stereocenters. The van der Waals surface area contributed by atoms with Gasteiger partial charge in [-0.15, -0.1) is 0 Å². The number of pyridine rings is 1. The van der Waals surface area contributed by atoms with Crippen LogP contribution < -0.4 is 11.1 Å². The third kappa shape index (κ3) is 6.79. The third-order valence-corrected chi connectivity index (χ3v) is 5.71. The van der Waals surface area contributed by atoms with Crippen molar-refractivity contribution in [3.8, 4) is 5.82 Å². The number of aliphatic imine (C=N–C) groups is 1. The summed E-state index contributed by atoms with van der Waals surface area (Å²) < 4.78 is 14.6. The molecule has 1 saturated carbocycles. The summed E-state index contributed by atoms with van der Waals surface area (Å²) in [5, 5.41) is 3.19. The number of nitrogens with two attached hydrogens (primary N) is 1. The second kappa shape index (κ2) is 11.8. The van der Waals surface area contributed by atoms with E-state index in [2.05, 4.69) is 10.3 Å². The number of carbonyl (C=O) groups excluding carboxylic acids is 1. The molecule has 0 spiro atoms. The number of aromatic nitrogens is 3. The van der Waals surface area contributed by atoms with Gasteiger partial charge in [-0.1, -0.05) is 0 Å². The summed E-state index contributed by atoms with van der Waals surface area (Å²) in [5.41, 5.74) is 7.68. The van der Waals surface area contributed by atoms with Crippen LogP contribution >= 0.6 is 0 Å². The van der Waals surface area contributed by atoms with Crippen molar-refractivity contribution in [2.24, 2.45) is 17.8 Å². The lowest BCUT2D eigenvalue weighted by atomic mass is 9.92. The molecule has 33 heavy (non-hydrogen) atoms. The Morgan fingerprint density at radius 3 is 2.61 bits per heavy atom. The summed E-state index contributed by atoms with van der Waals surface area (Å²) in [6.07, 6.45) is 10.9. The topological polar surface area (TPSA) is 109 Å². The quantitative estimate of drug-likeness (QED) is 0.422. The summed E-state index contributed by atoms with van der Waals surface area (Å²) in [7, 11) is 3.59. The second-order valence-electron chi connectivity index (χ2n) is 8.62. The Bertz CT molecular complexity index is 967. The monoisotopic (exact) mass is 456 g/mol. The highest BCUT2D eigenvalue weighted by Crippen LogP contribution is 2.22. The van der Waals surface area contributed by atoms with E-state index in [0.29, 0.717) is 35.9 Å². The predicted molar refractivity (Wildman–Crippen MR) is 130 cm³/mol. The molecular formula is C24H36N6O3. The van der Waals surface area contributed by atoms with E-state index in [0.717, 1.165) is 25.7 Å². The number of methoxy groups -OCH3 is 1. The molecule has 2 heterocycles. The van der Waals surface area contributed by atoms with Gasteiger partial charge >= 0.3 is 0 Å². The zero-order chi connectivity index (χ0) is 23.8. The molecule has 2 aromatic heterocycles. The molecule has 9 heteroatoms. The van der Waals surface area contributed by atoms with Crippen molar-refractivity contribution in [1.82, 2.24) is 19.7 Å². The van der Waals surface area contributed by atoms with Crippen LogP contribution in [0.1, 0.15) is 55.6 Å². The molecule has 1 aliphatic carbocycles. The Morgan fingerprint density at radius 2 is 2.03 bits per heavy atom. The first-order chi connectivity index (χ1) is 15.9. The highest BCUT2D eigenvalue weighted by molar-refractivity contribution is 6.09. The molecule has 1 amide bonds.